The summed E-state index contributed by atoms with van der Waals surface area (Å²) in [6, 6.07) is 0. The van der Waals surface area contributed by atoms with Gasteiger partial charge in [-0.15, -0.1) is 0 Å². The average molecular weight is 216 g/mol. The first-order chi connectivity index (χ1) is 6.31. The van der Waals surface area contributed by atoms with Crippen LogP contribution in [0, 0.1) is 5.41 Å². The lowest BCUT2D eigenvalue weighted by molar-refractivity contribution is 0.370. The van der Waals surface area contributed by atoms with Crippen molar-refractivity contribution in [3.63, 3.8) is 0 Å². The maximum atomic E-state index is 11.3. The van der Waals surface area contributed by atoms with E-state index in [0.29, 0.717) is 12.0 Å². The Morgan fingerprint density at radius 3 is 2.50 bits per heavy atom. The summed E-state index contributed by atoms with van der Waals surface area (Å²) >= 11 is 0. The predicted molar refractivity (Wildman–Crippen MR) is 56.6 cm³/mol. The van der Waals surface area contributed by atoms with Gasteiger partial charge in [0, 0.05) is 5.41 Å². The van der Waals surface area contributed by atoms with Crippen LogP contribution >= 0.6 is 0 Å². The van der Waals surface area contributed by atoms with Gasteiger partial charge in [0.05, 0.1) is 0 Å². The van der Waals surface area contributed by atoms with E-state index in [1.807, 2.05) is 26.0 Å². The quantitative estimate of drug-likeness (QED) is 0.720. The van der Waals surface area contributed by atoms with Gasteiger partial charge < -0.3 is 0 Å². The van der Waals surface area contributed by atoms with Gasteiger partial charge in [-0.1, -0.05) is 37.6 Å². The van der Waals surface area contributed by atoms with Crippen molar-refractivity contribution in [2.24, 2.45) is 5.41 Å². The van der Waals surface area contributed by atoms with Crippen molar-refractivity contribution < 1.29 is 13.0 Å². The Balaban J connectivity index is 3.24. The molecule has 0 amide bonds. The van der Waals surface area contributed by atoms with Crippen LogP contribution in [0.4, 0.5) is 0 Å². The van der Waals surface area contributed by atoms with E-state index in [9.17, 15) is 13.0 Å². The van der Waals surface area contributed by atoms with Gasteiger partial charge in [0.2, 0.25) is 0 Å². The molecule has 4 heteroatoms. The SMILES string of the molecule is CCC1(C)C=CC=C(C)C1S(=O)(=O)O. The molecule has 0 saturated carbocycles. The summed E-state index contributed by atoms with van der Waals surface area (Å²) in [5.41, 5.74) is 0.200. The largest absolute Gasteiger partial charge is 0.285 e. The minimum Gasteiger partial charge on any atom is -0.285 e. The molecule has 0 aliphatic heterocycles. The van der Waals surface area contributed by atoms with Crippen molar-refractivity contribution in [2.45, 2.75) is 32.4 Å². The molecule has 0 heterocycles. The van der Waals surface area contributed by atoms with Gasteiger partial charge in [-0.2, -0.15) is 8.42 Å². The van der Waals surface area contributed by atoms with Crippen LogP contribution in [0.15, 0.2) is 23.8 Å². The Hall–Kier alpha value is -0.610. The number of hydrogen-bond acceptors (Lipinski definition) is 2. The zero-order valence-electron chi connectivity index (χ0n) is 8.69. The summed E-state index contributed by atoms with van der Waals surface area (Å²) in [6.45, 7) is 5.50. The van der Waals surface area contributed by atoms with Crippen molar-refractivity contribution >= 4 is 10.1 Å². The topological polar surface area (TPSA) is 54.4 Å². The Bertz CT molecular complexity index is 378. The van der Waals surface area contributed by atoms with Crippen LogP contribution < -0.4 is 0 Å². The van der Waals surface area contributed by atoms with E-state index < -0.39 is 20.8 Å². The molecular formula is C10H16O3S. The van der Waals surface area contributed by atoms with Crippen LogP contribution in [-0.2, 0) is 10.1 Å². The van der Waals surface area contributed by atoms with Crippen LogP contribution in [0.3, 0.4) is 0 Å². The first-order valence-corrected chi connectivity index (χ1v) is 6.14. The lowest BCUT2D eigenvalue weighted by atomic mass is 9.78. The Morgan fingerprint density at radius 1 is 1.57 bits per heavy atom. The third-order valence-electron chi connectivity index (χ3n) is 2.91. The molecule has 1 aliphatic rings. The van der Waals surface area contributed by atoms with Crippen molar-refractivity contribution in [3.8, 4) is 0 Å². The van der Waals surface area contributed by atoms with Gasteiger partial charge in [-0.05, 0) is 13.3 Å². The van der Waals surface area contributed by atoms with Crippen molar-refractivity contribution in [3.05, 3.63) is 23.8 Å². The van der Waals surface area contributed by atoms with E-state index in [1.54, 1.807) is 13.0 Å². The molecule has 0 fully saturated rings. The second-order valence-corrected chi connectivity index (χ2v) is 5.53. The second kappa shape index (κ2) is 3.51. The molecule has 1 rings (SSSR count). The molecule has 80 valence electrons. The molecule has 0 saturated heterocycles. The predicted octanol–water partition coefficient (Wildman–Crippen LogP) is 2.18. The van der Waals surface area contributed by atoms with Crippen LogP contribution in [0.1, 0.15) is 27.2 Å². The zero-order valence-corrected chi connectivity index (χ0v) is 9.50. The molecule has 2 atom stereocenters. The van der Waals surface area contributed by atoms with Gasteiger partial charge >= 0.3 is 0 Å². The molecule has 0 aromatic rings. The molecule has 14 heavy (non-hydrogen) atoms. The summed E-state index contributed by atoms with van der Waals surface area (Å²) in [7, 11) is -4.01. The summed E-state index contributed by atoms with van der Waals surface area (Å²) in [4.78, 5) is 0. The molecule has 2 unspecified atom stereocenters. The maximum absolute atomic E-state index is 11.3. The maximum Gasteiger partial charge on any atom is 0.272 e. The normalized spacial score (nSPS) is 32.9. The van der Waals surface area contributed by atoms with E-state index in [4.69, 9.17) is 0 Å². The third-order valence-corrected chi connectivity index (χ3v) is 4.41. The monoisotopic (exact) mass is 216 g/mol. The minimum atomic E-state index is -4.01. The van der Waals surface area contributed by atoms with E-state index in [1.165, 1.54) is 0 Å². The fourth-order valence-corrected chi connectivity index (χ4v) is 3.47. The van der Waals surface area contributed by atoms with Crippen LogP contribution in [-0.4, -0.2) is 18.2 Å². The number of allylic oxidation sites excluding steroid dienone is 3. The zero-order chi connectivity index (χ0) is 11.0. The highest BCUT2D eigenvalue weighted by atomic mass is 32.2. The van der Waals surface area contributed by atoms with E-state index in [-0.39, 0.29) is 0 Å². The highest BCUT2D eigenvalue weighted by Crippen LogP contribution is 2.38. The fraction of sp³-hybridized carbons (Fsp3) is 0.600. The summed E-state index contributed by atoms with van der Waals surface area (Å²) < 4.78 is 31.7. The van der Waals surface area contributed by atoms with Crippen LogP contribution in [0.25, 0.3) is 0 Å². The van der Waals surface area contributed by atoms with Gasteiger partial charge in [0.25, 0.3) is 10.1 Å². The lowest BCUT2D eigenvalue weighted by Crippen LogP contribution is -2.39. The number of hydrogen-bond donors (Lipinski definition) is 1. The first-order valence-electron chi connectivity index (χ1n) is 4.63. The second-order valence-electron chi connectivity index (χ2n) is 4.02. The van der Waals surface area contributed by atoms with Crippen molar-refractivity contribution in [2.75, 3.05) is 0 Å². The summed E-state index contributed by atoms with van der Waals surface area (Å²) in [6.07, 6.45) is 6.11. The first kappa shape index (κ1) is 11.5. The van der Waals surface area contributed by atoms with Crippen molar-refractivity contribution in [1.29, 1.82) is 0 Å². The molecule has 0 aromatic heterocycles. The Kier molecular flexibility index (Phi) is 2.88. The average Bonchev–Trinajstić information content (AvgIpc) is 2.01. The highest BCUT2D eigenvalue weighted by Gasteiger charge is 2.41. The molecule has 0 aromatic carbocycles. The van der Waals surface area contributed by atoms with E-state index >= 15 is 0 Å². The number of rotatable bonds is 2. The smallest absolute Gasteiger partial charge is 0.272 e. The Labute approximate surface area is 85.3 Å². The fourth-order valence-electron chi connectivity index (χ4n) is 1.99. The lowest BCUT2D eigenvalue weighted by Gasteiger charge is -2.34. The molecule has 1 aliphatic carbocycles. The van der Waals surface area contributed by atoms with Gasteiger partial charge in [-0.25, -0.2) is 0 Å². The molecule has 0 spiro atoms. The highest BCUT2D eigenvalue weighted by molar-refractivity contribution is 7.86. The van der Waals surface area contributed by atoms with Crippen molar-refractivity contribution in [1.82, 2.24) is 0 Å². The van der Waals surface area contributed by atoms with Gasteiger partial charge in [-0.3, -0.25) is 4.55 Å². The molecule has 0 radical (unpaired) electrons. The molecule has 1 N–H and O–H groups in total. The van der Waals surface area contributed by atoms with Crippen LogP contribution in [0.2, 0.25) is 0 Å². The van der Waals surface area contributed by atoms with E-state index in [0.717, 1.165) is 0 Å². The minimum absolute atomic E-state index is 0.494. The summed E-state index contributed by atoms with van der Waals surface area (Å²) in [5, 5.41) is -0.801. The van der Waals surface area contributed by atoms with Crippen LogP contribution in [0.5, 0.6) is 0 Å². The van der Waals surface area contributed by atoms with Gasteiger partial charge in [0.15, 0.2) is 0 Å². The van der Waals surface area contributed by atoms with Gasteiger partial charge in [0.1, 0.15) is 5.25 Å². The molecule has 0 bridgehead atoms. The molecule has 3 nitrogen and oxygen atoms in total. The molecular weight excluding hydrogens is 200 g/mol. The van der Waals surface area contributed by atoms with E-state index in [2.05, 4.69) is 0 Å². The summed E-state index contributed by atoms with van der Waals surface area (Å²) in [5.74, 6) is 0. The Morgan fingerprint density at radius 2 is 2.14 bits per heavy atom. The third kappa shape index (κ3) is 1.91. The standard InChI is InChI=1S/C10H16O3S/c1-4-10(3)7-5-6-8(2)9(10)14(11,12)13/h5-7,9H,4H2,1-3H3,(H,11,12,13).